The summed E-state index contributed by atoms with van der Waals surface area (Å²) in [6.45, 7) is 2.41. The summed E-state index contributed by atoms with van der Waals surface area (Å²) >= 11 is 1.66. The van der Waals surface area contributed by atoms with Crippen molar-refractivity contribution in [1.29, 1.82) is 0 Å². The number of aryl methyl sites for hydroxylation is 1. The summed E-state index contributed by atoms with van der Waals surface area (Å²) in [6, 6.07) is 0. The van der Waals surface area contributed by atoms with Crippen molar-refractivity contribution in [1.82, 2.24) is 9.55 Å². The third-order valence-electron chi connectivity index (χ3n) is 1.74. The molecule has 0 aliphatic heterocycles. The molecule has 72 valence electrons. The van der Waals surface area contributed by atoms with Crippen LogP contribution in [-0.2, 0) is 6.54 Å². The number of rotatable bonds is 4. The maximum atomic E-state index is 10.5. The van der Waals surface area contributed by atoms with Gasteiger partial charge in [0.05, 0.1) is 0 Å². The third kappa shape index (κ3) is 2.21. The van der Waals surface area contributed by atoms with Gasteiger partial charge in [-0.05, 0) is 11.2 Å². The van der Waals surface area contributed by atoms with Crippen molar-refractivity contribution in [3.63, 3.8) is 0 Å². The van der Waals surface area contributed by atoms with E-state index in [1.165, 1.54) is 6.20 Å². The Bertz CT molecular complexity index is 311. The first kappa shape index (κ1) is 10.0. The predicted molar refractivity (Wildman–Crippen MR) is 52.0 cm³/mol. The van der Waals surface area contributed by atoms with Crippen molar-refractivity contribution in [2.24, 2.45) is 0 Å². The van der Waals surface area contributed by atoms with E-state index in [4.69, 9.17) is 0 Å². The van der Waals surface area contributed by atoms with Gasteiger partial charge in [-0.2, -0.15) is 11.8 Å². The summed E-state index contributed by atoms with van der Waals surface area (Å²) in [5.41, 5.74) is 0. The molecule has 13 heavy (non-hydrogen) atoms. The van der Waals surface area contributed by atoms with Gasteiger partial charge in [0.1, 0.15) is 12.7 Å². The van der Waals surface area contributed by atoms with E-state index in [1.54, 1.807) is 23.3 Å². The Labute approximate surface area is 80.3 Å². The van der Waals surface area contributed by atoms with Crippen LogP contribution in [0, 0.1) is 17.0 Å². The highest BCUT2D eigenvalue weighted by atomic mass is 32.2. The molecular weight excluding hydrogens is 190 g/mol. The van der Waals surface area contributed by atoms with Gasteiger partial charge in [0.15, 0.2) is 5.82 Å². The Hall–Kier alpha value is -1.04. The Morgan fingerprint density at radius 1 is 1.77 bits per heavy atom. The Morgan fingerprint density at radius 2 is 2.46 bits per heavy atom. The number of nitro groups is 1. The summed E-state index contributed by atoms with van der Waals surface area (Å²) in [5.74, 6) is 1.63. The molecule has 1 aromatic rings. The van der Waals surface area contributed by atoms with Gasteiger partial charge in [-0.25, -0.2) is 9.55 Å². The molecule has 5 nitrogen and oxygen atoms in total. The van der Waals surface area contributed by atoms with Crippen LogP contribution in [0.4, 0.5) is 5.82 Å². The van der Waals surface area contributed by atoms with E-state index < -0.39 is 4.92 Å². The molecule has 1 aromatic heterocycles. The minimum atomic E-state index is -0.402. The van der Waals surface area contributed by atoms with E-state index in [1.807, 2.05) is 6.26 Å². The zero-order chi connectivity index (χ0) is 9.84. The molecule has 0 aliphatic carbocycles. The monoisotopic (exact) mass is 201 g/mol. The van der Waals surface area contributed by atoms with Gasteiger partial charge in [0.2, 0.25) is 0 Å². The summed E-state index contributed by atoms with van der Waals surface area (Å²) < 4.78 is 1.62. The predicted octanol–water partition coefficient (Wildman–Crippen LogP) is 1.46. The molecule has 0 amide bonds. The van der Waals surface area contributed by atoms with Gasteiger partial charge in [-0.15, -0.1) is 0 Å². The molecule has 0 unspecified atom stereocenters. The number of hydrogen-bond donors (Lipinski definition) is 0. The van der Waals surface area contributed by atoms with Crippen LogP contribution in [0.1, 0.15) is 5.82 Å². The van der Waals surface area contributed by atoms with E-state index in [0.717, 1.165) is 5.75 Å². The number of hydrogen-bond acceptors (Lipinski definition) is 4. The highest BCUT2D eigenvalue weighted by molar-refractivity contribution is 7.98. The average molecular weight is 201 g/mol. The van der Waals surface area contributed by atoms with E-state index in [-0.39, 0.29) is 5.82 Å². The summed E-state index contributed by atoms with van der Waals surface area (Å²) in [4.78, 5) is 14.0. The fourth-order valence-corrected chi connectivity index (χ4v) is 1.43. The van der Waals surface area contributed by atoms with Crippen molar-refractivity contribution in [3.8, 4) is 0 Å². The minimum absolute atomic E-state index is 0.0755. The molecular formula is C7H11N3O2S. The van der Waals surface area contributed by atoms with Gasteiger partial charge >= 0.3 is 5.82 Å². The number of nitrogens with zero attached hydrogens (tertiary/aromatic N) is 3. The summed E-state index contributed by atoms with van der Waals surface area (Å²) in [7, 11) is 0. The Kier molecular flexibility index (Phi) is 3.30. The van der Waals surface area contributed by atoms with Crippen LogP contribution in [0.15, 0.2) is 6.20 Å². The molecule has 1 heterocycles. The molecule has 0 aliphatic rings. The van der Waals surface area contributed by atoms with Crippen LogP contribution in [0.5, 0.6) is 0 Å². The van der Waals surface area contributed by atoms with Crippen LogP contribution in [0.2, 0.25) is 0 Å². The van der Waals surface area contributed by atoms with Gasteiger partial charge in [-0.3, -0.25) is 0 Å². The van der Waals surface area contributed by atoms with Gasteiger partial charge in [0, 0.05) is 12.7 Å². The minimum Gasteiger partial charge on any atom is -0.358 e. The molecule has 0 fully saturated rings. The average Bonchev–Trinajstić information content (AvgIpc) is 2.43. The van der Waals surface area contributed by atoms with Crippen LogP contribution < -0.4 is 0 Å². The summed E-state index contributed by atoms with van der Waals surface area (Å²) in [6.07, 6.45) is 3.27. The molecule has 0 atom stereocenters. The lowest BCUT2D eigenvalue weighted by Crippen LogP contribution is -2.06. The lowest BCUT2D eigenvalue weighted by molar-refractivity contribution is -0.392. The topological polar surface area (TPSA) is 61.0 Å². The second-order valence-electron chi connectivity index (χ2n) is 2.57. The Balaban J connectivity index is 2.88. The molecule has 6 heteroatoms. The molecule has 0 spiro atoms. The van der Waals surface area contributed by atoms with Crippen molar-refractivity contribution < 1.29 is 4.92 Å². The first-order chi connectivity index (χ1) is 6.16. The molecule has 0 N–H and O–H groups in total. The van der Waals surface area contributed by atoms with E-state index in [9.17, 15) is 10.1 Å². The largest absolute Gasteiger partial charge is 0.358 e. The van der Waals surface area contributed by atoms with Crippen molar-refractivity contribution in [2.75, 3.05) is 12.0 Å². The fourth-order valence-electron chi connectivity index (χ4n) is 1.06. The van der Waals surface area contributed by atoms with Crippen LogP contribution >= 0.6 is 11.8 Å². The van der Waals surface area contributed by atoms with E-state index in [2.05, 4.69) is 4.98 Å². The van der Waals surface area contributed by atoms with Crippen LogP contribution in [-0.4, -0.2) is 26.5 Å². The molecule has 0 saturated heterocycles. The van der Waals surface area contributed by atoms with Crippen LogP contribution in [0.3, 0.4) is 0 Å². The van der Waals surface area contributed by atoms with Crippen molar-refractivity contribution in [2.45, 2.75) is 13.5 Å². The smallest absolute Gasteiger partial charge is 0.342 e. The van der Waals surface area contributed by atoms with E-state index in [0.29, 0.717) is 12.4 Å². The fraction of sp³-hybridized carbons (Fsp3) is 0.571. The Morgan fingerprint density at radius 3 is 3.00 bits per heavy atom. The molecule has 0 radical (unpaired) electrons. The number of thioether (sulfide) groups is 1. The maximum absolute atomic E-state index is 10.5. The molecule has 0 bridgehead atoms. The van der Waals surface area contributed by atoms with Crippen molar-refractivity contribution in [3.05, 3.63) is 22.1 Å². The highest BCUT2D eigenvalue weighted by Crippen LogP contribution is 2.13. The quantitative estimate of drug-likeness (QED) is 0.546. The second-order valence-corrected chi connectivity index (χ2v) is 3.55. The zero-order valence-electron chi connectivity index (χ0n) is 7.56. The third-order valence-corrected chi connectivity index (χ3v) is 2.33. The lowest BCUT2D eigenvalue weighted by atomic mass is 10.6. The van der Waals surface area contributed by atoms with Crippen LogP contribution in [0.25, 0.3) is 0 Å². The van der Waals surface area contributed by atoms with E-state index >= 15 is 0 Å². The van der Waals surface area contributed by atoms with Gasteiger partial charge in [-0.1, -0.05) is 0 Å². The first-order valence-electron chi connectivity index (χ1n) is 3.82. The van der Waals surface area contributed by atoms with Gasteiger partial charge < -0.3 is 10.1 Å². The summed E-state index contributed by atoms with van der Waals surface area (Å²) in [5, 5.41) is 10.5. The molecule has 0 saturated carbocycles. The maximum Gasteiger partial charge on any atom is 0.342 e. The van der Waals surface area contributed by atoms with Crippen molar-refractivity contribution >= 4 is 17.6 Å². The first-order valence-corrected chi connectivity index (χ1v) is 5.21. The number of imidazole rings is 1. The SMILES string of the molecule is CSCCn1c([N+](=O)[O-])cnc1C. The molecule has 1 rings (SSSR count). The number of aromatic nitrogens is 2. The second kappa shape index (κ2) is 4.27. The highest BCUT2D eigenvalue weighted by Gasteiger charge is 2.15. The van der Waals surface area contributed by atoms with Gasteiger partial charge in [0.25, 0.3) is 0 Å². The zero-order valence-corrected chi connectivity index (χ0v) is 8.37. The molecule has 0 aromatic carbocycles. The lowest BCUT2D eigenvalue weighted by Gasteiger charge is -2.00. The standard InChI is InChI=1S/C7H11N3O2S/c1-6-8-5-7(10(11)12)9(6)3-4-13-2/h5H,3-4H2,1-2H3. The normalized spacial score (nSPS) is 10.3.